The molecule has 2 N–H and O–H groups in total. The predicted molar refractivity (Wildman–Crippen MR) is 128 cm³/mol. The molecule has 1 unspecified atom stereocenters. The monoisotopic (exact) mass is 458 g/mol. The Morgan fingerprint density at radius 2 is 1.56 bits per heavy atom. The Labute approximate surface area is 197 Å². The molecule has 0 spiro atoms. The van der Waals surface area contributed by atoms with Crippen LogP contribution in [0.25, 0.3) is 10.9 Å². The number of hydrogen-bond donors (Lipinski definition) is 2. The zero-order valence-electron chi connectivity index (χ0n) is 18.8. The van der Waals surface area contributed by atoms with Crippen molar-refractivity contribution in [1.29, 1.82) is 0 Å². The first-order valence-electron chi connectivity index (χ1n) is 10.9. The van der Waals surface area contributed by atoms with Crippen molar-refractivity contribution in [3.05, 3.63) is 102 Å². The maximum absolute atomic E-state index is 12.4. The number of H-pyrrole nitrogens is 1. The number of nitrogens with one attached hydrogen (secondary N) is 2. The summed E-state index contributed by atoms with van der Waals surface area (Å²) in [6, 6.07) is 24.0. The number of alkyl carbamates (subject to hydrolysis) is 1. The number of methoxy groups -OCH3 is 1. The van der Waals surface area contributed by atoms with Crippen LogP contribution in [0.1, 0.15) is 16.7 Å². The SMILES string of the molecule is COC(=O)C(Cc1c[nH]c2cccc(OCc3ccccc3)c12)NC(=O)OCc1ccccc1. The summed E-state index contributed by atoms with van der Waals surface area (Å²) in [7, 11) is 1.29. The lowest BCUT2D eigenvalue weighted by Gasteiger charge is -2.17. The maximum atomic E-state index is 12.4. The minimum atomic E-state index is -0.922. The van der Waals surface area contributed by atoms with E-state index in [9.17, 15) is 9.59 Å². The van der Waals surface area contributed by atoms with E-state index in [4.69, 9.17) is 14.2 Å². The van der Waals surface area contributed by atoms with Gasteiger partial charge in [-0.05, 0) is 28.8 Å². The van der Waals surface area contributed by atoms with Gasteiger partial charge in [-0.2, -0.15) is 0 Å². The van der Waals surface area contributed by atoms with Gasteiger partial charge in [0.1, 0.15) is 25.0 Å². The summed E-state index contributed by atoms with van der Waals surface area (Å²) in [6.45, 7) is 0.514. The lowest BCUT2D eigenvalue weighted by atomic mass is 10.0. The number of carbonyl (C=O) groups excluding carboxylic acids is 2. The van der Waals surface area contributed by atoms with Crippen LogP contribution in [-0.2, 0) is 33.9 Å². The standard InChI is InChI=1S/C27H26N2O5/c1-32-26(30)23(29-27(31)34-18-20-11-6-3-7-12-20)15-21-16-28-22-13-8-14-24(25(21)22)33-17-19-9-4-2-5-10-19/h2-14,16,23,28H,15,17-18H2,1H3,(H,29,31). The second-order valence-corrected chi connectivity index (χ2v) is 7.75. The van der Waals surface area contributed by atoms with Gasteiger partial charge in [-0.15, -0.1) is 0 Å². The number of fused-ring (bicyclic) bond motifs is 1. The molecule has 3 aromatic carbocycles. The Hall–Kier alpha value is -4.26. The number of amides is 1. The molecule has 4 aromatic rings. The quantitative estimate of drug-likeness (QED) is 0.353. The number of ether oxygens (including phenoxy) is 3. The van der Waals surface area contributed by atoms with E-state index in [1.54, 1.807) is 0 Å². The molecular weight excluding hydrogens is 432 g/mol. The van der Waals surface area contributed by atoms with Crippen LogP contribution < -0.4 is 10.1 Å². The average molecular weight is 459 g/mol. The van der Waals surface area contributed by atoms with Crippen LogP contribution >= 0.6 is 0 Å². The molecule has 1 heterocycles. The summed E-state index contributed by atoms with van der Waals surface area (Å²) in [4.78, 5) is 28.1. The van der Waals surface area contributed by atoms with Crippen LogP contribution in [0.3, 0.4) is 0 Å². The molecule has 4 rings (SSSR count). The number of carbonyl (C=O) groups is 2. The highest BCUT2D eigenvalue weighted by molar-refractivity contribution is 5.90. The normalized spacial score (nSPS) is 11.6. The third kappa shape index (κ3) is 5.75. The number of aromatic amines is 1. The largest absolute Gasteiger partial charge is 0.488 e. The first kappa shape index (κ1) is 22.9. The van der Waals surface area contributed by atoms with Gasteiger partial charge in [0.2, 0.25) is 0 Å². The van der Waals surface area contributed by atoms with Gasteiger partial charge in [-0.25, -0.2) is 9.59 Å². The van der Waals surface area contributed by atoms with E-state index >= 15 is 0 Å². The smallest absolute Gasteiger partial charge is 0.408 e. The van der Waals surface area contributed by atoms with Crippen molar-refractivity contribution in [1.82, 2.24) is 10.3 Å². The fraction of sp³-hybridized carbons (Fsp3) is 0.185. The molecule has 1 aromatic heterocycles. The second-order valence-electron chi connectivity index (χ2n) is 7.75. The van der Waals surface area contributed by atoms with E-state index in [0.717, 1.165) is 27.6 Å². The molecule has 34 heavy (non-hydrogen) atoms. The molecule has 0 aliphatic heterocycles. The summed E-state index contributed by atoms with van der Waals surface area (Å²) >= 11 is 0. The van der Waals surface area contributed by atoms with E-state index in [1.165, 1.54) is 7.11 Å². The first-order chi connectivity index (χ1) is 16.6. The molecule has 0 aliphatic carbocycles. The molecule has 174 valence electrons. The Kier molecular flexibility index (Phi) is 7.45. The Morgan fingerprint density at radius 3 is 2.24 bits per heavy atom. The van der Waals surface area contributed by atoms with Crippen LogP contribution in [0.2, 0.25) is 0 Å². The number of rotatable bonds is 9. The van der Waals surface area contributed by atoms with Gasteiger partial charge < -0.3 is 24.5 Å². The number of benzene rings is 3. The van der Waals surface area contributed by atoms with Gasteiger partial charge in [-0.3, -0.25) is 0 Å². The Bertz CT molecular complexity index is 1240. The maximum Gasteiger partial charge on any atom is 0.408 e. The van der Waals surface area contributed by atoms with Crippen molar-refractivity contribution >= 4 is 23.0 Å². The Balaban J connectivity index is 1.48. The average Bonchev–Trinajstić information content (AvgIpc) is 3.30. The molecule has 0 saturated carbocycles. The van der Waals surface area contributed by atoms with Gasteiger partial charge in [0, 0.05) is 23.5 Å². The van der Waals surface area contributed by atoms with Gasteiger partial charge in [0.25, 0.3) is 0 Å². The molecule has 7 nitrogen and oxygen atoms in total. The van der Waals surface area contributed by atoms with E-state index < -0.39 is 18.1 Å². The van der Waals surface area contributed by atoms with E-state index in [1.807, 2.05) is 85.1 Å². The van der Waals surface area contributed by atoms with Crippen LogP contribution in [-0.4, -0.2) is 30.2 Å². The Morgan fingerprint density at radius 1 is 0.882 bits per heavy atom. The van der Waals surface area contributed by atoms with Crippen LogP contribution in [0, 0.1) is 0 Å². The highest BCUT2D eigenvalue weighted by atomic mass is 16.6. The molecular formula is C27H26N2O5. The fourth-order valence-electron chi connectivity index (χ4n) is 3.70. The van der Waals surface area contributed by atoms with E-state index in [0.29, 0.717) is 12.4 Å². The van der Waals surface area contributed by atoms with Crippen LogP contribution in [0.4, 0.5) is 4.79 Å². The third-order valence-corrected chi connectivity index (χ3v) is 5.40. The highest BCUT2D eigenvalue weighted by Gasteiger charge is 2.25. The van der Waals surface area contributed by atoms with Crippen molar-refractivity contribution in [2.75, 3.05) is 7.11 Å². The van der Waals surface area contributed by atoms with Gasteiger partial charge in [0.15, 0.2) is 0 Å². The van der Waals surface area contributed by atoms with Crippen molar-refractivity contribution in [3.8, 4) is 5.75 Å². The molecule has 0 fully saturated rings. The zero-order chi connectivity index (χ0) is 23.8. The molecule has 7 heteroatoms. The summed E-state index contributed by atoms with van der Waals surface area (Å²) in [5.74, 6) is 0.126. The molecule has 0 aliphatic rings. The van der Waals surface area contributed by atoms with Gasteiger partial charge in [0.05, 0.1) is 7.11 Å². The zero-order valence-corrected chi connectivity index (χ0v) is 18.8. The van der Waals surface area contributed by atoms with Crippen molar-refractivity contribution in [2.45, 2.75) is 25.7 Å². The molecule has 1 amide bonds. The van der Waals surface area contributed by atoms with E-state index in [-0.39, 0.29) is 13.0 Å². The van der Waals surface area contributed by atoms with Gasteiger partial charge >= 0.3 is 12.1 Å². The van der Waals surface area contributed by atoms with Crippen molar-refractivity contribution in [2.24, 2.45) is 0 Å². The summed E-state index contributed by atoms with van der Waals surface area (Å²) in [6.07, 6.45) is 1.32. The topological polar surface area (TPSA) is 89.7 Å². The summed E-state index contributed by atoms with van der Waals surface area (Å²) in [5, 5.41) is 3.48. The predicted octanol–water partition coefficient (Wildman–Crippen LogP) is 4.76. The molecule has 1 atom stereocenters. The van der Waals surface area contributed by atoms with E-state index in [2.05, 4.69) is 10.3 Å². The minimum absolute atomic E-state index is 0.102. The summed E-state index contributed by atoms with van der Waals surface area (Å²) in [5.41, 5.74) is 3.59. The van der Waals surface area contributed by atoms with Crippen LogP contribution in [0.15, 0.2) is 85.1 Å². The van der Waals surface area contributed by atoms with Crippen molar-refractivity contribution < 1.29 is 23.8 Å². The summed E-state index contributed by atoms with van der Waals surface area (Å²) < 4.78 is 16.3. The second kappa shape index (κ2) is 11.0. The molecule has 0 radical (unpaired) electrons. The molecule has 0 saturated heterocycles. The van der Waals surface area contributed by atoms with Crippen molar-refractivity contribution in [3.63, 3.8) is 0 Å². The highest BCUT2D eigenvalue weighted by Crippen LogP contribution is 2.30. The fourth-order valence-corrected chi connectivity index (χ4v) is 3.70. The third-order valence-electron chi connectivity index (χ3n) is 5.40. The lowest BCUT2D eigenvalue weighted by molar-refractivity contribution is -0.142. The lowest BCUT2D eigenvalue weighted by Crippen LogP contribution is -2.43. The van der Waals surface area contributed by atoms with Crippen LogP contribution in [0.5, 0.6) is 5.75 Å². The first-order valence-corrected chi connectivity index (χ1v) is 10.9. The molecule has 0 bridgehead atoms. The van der Waals surface area contributed by atoms with Gasteiger partial charge in [-0.1, -0.05) is 66.7 Å². The number of aromatic nitrogens is 1. The number of hydrogen-bond acceptors (Lipinski definition) is 5. The number of esters is 1. The minimum Gasteiger partial charge on any atom is -0.488 e.